The van der Waals surface area contributed by atoms with Crippen LogP contribution in [-0.4, -0.2) is 28.1 Å². The van der Waals surface area contributed by atoms with Gasteiger partial charge < -0.3 is 18.8 Å². The predicted molar refractivity (Wildman–Crippen MR) is 152 cm³/mol. The highest BCUT2D eigenvalue weighted by molar-refractivity contribution is 6.30. The molecule has 0 bridgehead atoms. The monoisotopic (exact) mass is 612 g/mol. The fourth-order valence-corrected chi connectivity index (χ4v) is 4.34. The summed E-state index contributed by atoms with van der Waals surface area (Å²) < 4.78 is 59.8. The predicted octanol–water partition coefficient (Wildman–Crippen LogP) is 5.85. The number of benzene rings is 2. The van der Waals surface area contributed by atoms with Crippen LogP contribution in [0.5, 0.6) is 17.2 Å². The van der Waals surface area contributed by atoms with Crippen molar-refractivity contribution >= 4 is 17.4 Å². The van der Waals surface area contributed by atoms with E-state index < -0.39 is 28.6 Å². The lowest BCUT2D eigenvalue weighted by Crippen LogP contribution is -2.30. The number of pyridine rings is 1. The van der Waals surface area contributed by atoms with E-state index in [1.54, 1.807) is 31.2 Å². The maximum absolute atomic E-state index is 13.9. The molecular weight excluding hydrogens is 589 g/mol. The summed E-state index contributed by atoms with van der Waals surface area (Å²) >= 11 is 5.97. The second kappa shape index (κ2) is 12.9. The van der Waals surface area contributed by atoms with Crippen LogP contribution in [0.2, 0.25) is 5.02 Å². The minimum atomic E-state index is -4.93. The first-order valence-electron chi connectivity index (χ1n) is 12.7. The maximum Gasteiger partial charge on any atom is 0.420 e. The topological polar surface area (TPSA) is 108 Å². The third-order valence-electron chi connectivity index (χ3n) is 6.11. The molecule has 2 heterocycles. The van der Waals surface area contributed by atoms with Crippen LogP contribution in [-0.2, 0) is 24.0 Å². The molecule has 4 rings (SSSR count). The van der Waals surface area contributed by atoms with Gasteiger partial charge in [0.2, 0.25) is 5.75 Å². The summed E-state index contributed by atoms with van der Waals surface area (Å²) in [5, 5.41) is 13.6. The van der Waals surface area contributed by atoms with Gasteiger partial charge in [-0.2, -0.15) is 23.5 Å². The molecule has 222 valence electrons. The van der Waals surface area contributed by atoms with Crippen molar-refractivity contribution in [2.45, 2.75) is 26.2 Å². The van der Waals surface area contributed by atoms with Crippen LogP contribution in [0.1, 0.15) is 34.9 Å². The van der Waals surface area contributed by atoms with Crippen LogP contribution < -0.4 is 20.6 Å². The first-order chi connectivity index (χ1) is 20.4. The van der Waals surface area contributed by atoms with Gasteiger partial charge in [-0.3, -0.25) is 9.59 Å². The third-order valence-corrected chi connectivity index (χ3v) is 6.33. The van der Waals surface area contributed by atoms with Crippen LogP contribution in [0.15, 0.2) is 77.0 Å². The summed E-state index contributed by atoms with van der Waals surface area (Å²) in [6.07, 6.45) is -3.98. The van der Waals surface area contributed by atoms with Crippen molar-refractivity contribution < 1.29 is 27.4 Å². The van der Waals surface area contributed by atoms with Crippen molar-refractivity contribution in [3.63, 3.8) is 0 Å². The average Bonchev–Trinajstić information content (AvgIpc) is 2.96. The molecule has 0 saturated heterocycles. The summed E-state index contributed by atoms with van der Waals surface area (Å²) in [5.74, 6) is -0.570. The molecule has 2 aromatic heterocycles. The average molecular weight is 613 g/mol. The van der Waals surface area contributed by atoms with Crippen molar-refractivity contribution in [1.82, 2.24) is 14.3 Å². The molecule has 0 atom stereocenters. The Labute approximate surface area is 248 Å². The number of methoxy groups -OCH3 is 1. The Morgan fingerprint density at radius 2 is 1.77 bits per heavy atom. The molecule has 0 radical (unpaired) electrons. The largest absolute Gasteiger partial charge is 0.497 e. The lowest BCUT2D eigenvalue weighted by Gasteiger charge is -2.17. The molecule has 0 aliphatic heterocycles. The van der Waals surface area contributed by atoms with Crippen molar-refractivity contribution in [3.05, 3.63) is 121 Å². The van der Waals surface area contributed by atoms with Crippen molar-refractivity contribution in [3.8, 4) is 23.3 Å². The Kier molecular flexibility index (Phi) is 9.26. The molecule has 43 heavy (non-hydrogen) atoms. The first kappa shape index (κ1) is 30.9. The molecule has 13 heteroatoms. The van der Waals surface area contributed by atoms with Crippen molar-refractivity contribution in [2.24, 2.45) is 0 Å². The summed E-state index contributed by atoms with van der Waals surface area (Å²) in [6, 6.07) is 14.4. The van der Waals surface area contributed by atoms with Crippen LogP contribution in [0.25, 0.3) is 5.76 Å². The number of alkyl halides is 3. The minimum absolute atomic E-state index is 0.0256. The number of hydrogen-bond donors (Lipinski definition) is 0. The summed E-state index contributed by atoms with van der Waals surface area (Å²) in [4.78, 5) is 26.7. The van der Waals surface area contributed by atoms with E-state index in [4.69, 9.17) is 25.8 Å². The van der Waals surface area contributed by atoms with E-state index >= 15 is 0 Å². The number of rotatable bonds is 10. The van der Waals surface area contributed by atoms with Gasteiger partial charge in [0.05, 0.1) is 49.7 Å². The Morgan fingerprint density at radius 3 is 2.40 bits per heavy atom. The normalized spacial score (nSPS) is 11.1. The Morgan fingerprint density at radius 1 is 1.05 bits per heavy atom. The quantitative estimate of drug-likeness (QED) is 0.207. The van der Waals surface area contributed by atoms with E-state index in [0.717, 1.165) is 21.5 Å². The van der Waals surface area contributed by atoms with Crippen molar-refractivity contribution in [1.29, 1.82) is 5.26 Å². The van der Waals surface area contributed by atoms with Gasteiger partial charge in [-0.05, 0) is 55.0 Å². The molecular formula is C30H24ClF3N4O5. The van der Waals surface area contributed by atoms with Crippen molar-refractivity contribution in [2.75, 3.05) is 13.7 Å². The Hall–Kier alpha value is -5.02. The van der Waals surface area contributed by atoms with E-state index in [1.165, 1.54) is 25.3 Å². The molecule has 2 aromatic carbocycles. The smallest absolute Gasteiger partial charge is 0.420 e. The molecule has 0 unspecified atom stereocenters. The number of hydrogen-bond acceptors (Lipinski definition) is 7. The fourth-order valence-electron chi connectivity index (χ4n) is 4.12. The summed E-state index contributed by atoms with van der Waals surface area (Å²) in [7, 11) is 1.52. The Balaban J connectivity index is 1.79. The maximum atomic E-state index is 13.9. The molecule has 0 aliphatic carbocycles. The molecule has 9 nitrogen and oxygen atoms in total. The minimum Gasteiger partial charge on any atom is -0.497 e. The zero-order valence-electron chi connectivity index (χ0n) is 22.9. The number of ether oxygens (including phenoxy) is 3. The van der Waals surface area contributed by atoms with Gasteiger partial charge in [0.15, 0.2) is 0 Å². The first-order valence-corrected chi connectivity index (χ1v) is 13.1. The van der Waals surface area contributed by atoms with Gasteiger partial charge in [-0.15, -0.1) is 0 Å². The van der Waals surface area contributed by atoms with Gasteiger partial charge in [-0.25, -0.2) is 4.68 Å². The second-order valence-corrected chi connectivity index (χ2v) is 9.53. The van der Waals surface area contributed by atoms with E-state index in [-0.39, 0.29) is 53.0 Å². The van der Waals surface area contributed by atoms with E-state index in [9.17, 15) is 28.0 Å². The van der Waals surface area contributed by atoms with Crippen LogP contribution in [0.3, 0.4) is 0 Å². The molecule has 0 amide bonds. The van der Waals surface area contributed by atoms with Gasteiger partial charge in [0.25, 0.3) is 11.1 Å². The van der Waals surface area contributed by atoms with Crippen LogP contribution in [0, 0.1) is 11.3 Å². The highest BCUT2D eigenvalue weighted by Crippen LogP contribution is 2.36. The van der Waals surface area contributed by atoms with Gasteiger partial charge in [0.1, 0.15) is 22.8 Å². The SMILES string of the molecule is C=C(OCC)c1cc(Cn2ccc(C(F)(F)F)c(Oc3cc(Cl)cc(C#N)c3)c2=O)nn(Cc2ccc(OC)cc2)c1=O. The van der Waals surface area contributed by atoms with E-state index in [2.05, 4.69) is 11.7 Å². The molecule has 0 N–H and O–H groups in total. The zero-order chi connectivity index (χ0) is 31.3. The summed E-state index contributed by atoms with van der Waals surface area (Å²) in [5.41, 5.74) is -2.01. The van der Waals surface area contributed by atoms with Crippen LogP contribution in [0.4, 0.5) is 13.2 Å². The fraction of sp³-hybridized carbons (Fsp3) is 0.200. The third kappa shape index (κ3) is 7.25. The van der Waals surface area contributed by atoms with E-state index in [1.807, 2.05) is 6.07 Å². The number of halogens is 4. The number of nitrogens with zero attached hydrogens (tertiary/aromatic N) is 4. The van der Waals surface area contributed by atoms with Gasteiger partial charge >= 0.3 is 6.18 Å². The van der Waals surface area contributed by atoms with E-state index in [0.29, 0.717) is 17.4 Å². The zero-order valence-corrected chi connectivity index (χ0v) is 23.7. The second-order valence-electron chi connectivity index (χ2n) is 9.10. The van der Waals surface area contributed by atoms with Gasteiger partial charge in [0, 0.05) is 11.2 Å². The Bertz CT molecular complexity index is 1830. The molecule has 0 saturated carbocycles. The molecule has 0 fully saturated rings. The molecule has 0 spiro atoms. The lowest BCUT2D eigenvalue weighted by atomic mass is 10.2. The standard InChI is InChI=1S/C30H24ClF3N4O5/c1-4-42-18(2)25-14-22(36-38(28(25)39)16-19-5-7-23(41-3)8-6-19)17-37-10-9-26(30(32,33)34)27(29(37)40)43-24-12-20(15-35)11-21(31)13-24/h5-14H,2,4,16-17H2,1,3H3. The highest BCUT2D eigenvalue weighted by Gasteiger charge is 2.36. The van der Waals surface area contributed by atoms with Crippen LogP contribution >= 0.6 is 11.6 Å². The molecule has 4 aromatic rings. The number of nitriles is 1. The highest BCUT2D eigenvalue weighted by atomic mass is 35.5. The lowest BCUT2D eigenvalue weighted by molar-refractivity contribution is -0.138. The van der Waals surface area contributed by atoms with Gasteiger partial charge in [-0.1, -0.05) is 30.3 Å². The number of aromatic nitrogens is 3. The summed E-state index contributed by atoms with van der Waals surface area (Å²) in [6.45, 7) is 5.45. The molecule has 0 aliphatic rings.